The fourth-order valence-electron chi connectivity index (χ4n) is 4.14. The average Bonchev–Trinajstić information content (AvgIpc) is 3.31. The molecular weight excluding hydrogens is 370 g/mol. The van der Waals surface area contributed by atoms with Crippen LogP contribution in [0.4, 0.5) is 0 Å². The monoisotopic (exact) mass is 394 g/mol. The molecule has 2 aromatic carbocycles. The number of carbonyl (C=O) groups is 2. The topological polar surface area (TPSA) is 74.9 Å². The summed E-state index contributed by atoms with van der Waals surface area (Å²) in [4.78, 5) is 31.9. The van der Waals surface area contributed by atoms with Crippen LogP contribution in [-0.4, -0.2) is 53.0 Å². The number of nitrogens with one attached hydrogen (secondary N) is 1. The Labute approximate surface area is 173 Å². The number of hydrogen-bond donors (Lipinski definition) is 1. The first-order valence-corrected chi connectivity index (χ1v) is 9.16. The largest absolute Gasteiger partial charge is 0.454 e. The Morgan fingerprint density at radius 1 is 1.17 bits per heavy atom. The van der Waals surface area contributed by atoms with Gasteiger partial charge >= 0.3 is 0 Å². The van der Waals surface area contributed by atoms with Crippen molar-refractivity contribution in [3.63, 3.8) is 0 Å². The maximum absolute atomic E-state index is 13.3. The van der Waals surface area contributed by atoms with Crippen LogP contribution in [0.3, 0.4) is 0 Å². The second-order valence-corrected chi connectivity index (χ2v) is 7.22. The van der Waals surface area contributed by atoms with Gasteiger partial charge in [0, 0.05) is 32.8 Å². The molecule has 2 atom stereocenters. The number of benzene rings is 2. The Morgan fingerprint density at radius 2 is 2.00 bits per heavy atom. The van der Waals surface area contributed by atoms with Crippen molar-refractivity contribution in [3.05, 3.63) is 59.3 Å². The third-order valence-electron chi connectivity index (χ3n) is 5.49. The van der Waals surface area contributed by atoms with E-state index >= 15 is 0 Å². The lowest BCUT2D eigenvalue weighted by atomic mass is 9.86. The summed E-state index contributed by atoms with van der Waals surface area (Å²) in [5.41, 5.74) is 1.04. The van der Waals surface area contributed by atoms with E-state index in [0.717, 1.165) is 4.90 Å². The van der Waals surface area contributed by atoms with Gasteiger partial charge in [-0.25, -0.2) is 0 Å². The summed E-state index contributed by atoms with van der Waals surface area (Å²) in [6, 6.07) is 7.72. The number of nitrogens with zero attached hydrogens (tertiary/aromatic N) is 2. The second-order valence-electron chi connectivity index (χ2n) is 7.22. The minimum atomic E-state index is -2.38. The van der Waals surface area contributed by atoms with Gasteiger partial charge < -0.3 is 24.3 Å². The van der Waals surface area contributed by atoms with Crippen molar-refractivity contribution in [1.29, 1.82) is 0 Å². The number of ether oxygens (including phenoxy) is 2. The minimum Gasteiger partial charge on any atom is -0.454 e. The number of para-hydroxylation sites is 1. The third kappa shape index (κ3) is 2.24. The van der Waals surface area contributed by atoms with E-state index in [9.17, 15) is 11.0 Å². The van der Waals surface area contributed by atoms with Gasteiger partial charge in [0.1, 0.15) is 8.78 Å². The van der Waals surface area contributed by atoms with Crippen molar-refractivity contribution in [2.24, 2.45) is 0 Å². The van der Waals surface area contributed by atoms with Crippen LogP contribution in [0.15, 0.2) is 42.5 Å². The molecule has 0 unspecified atom stereocenters. The van der Waals surface area contributed by atoms with Crippen molar-refractivity contribution < 1.29 is 25.9 Å². The maximum Gasteiger partial charge on any atom is 0.245 e. The van der Waals surface area contributed by atoms with Crippen LogP contribution < -0.4 is 9.47 Å². The van der Waals surface area contributed by atoms with Gasteiger partial charge in [0.15, 0.2) is 11.5 Å². The van der Waals surface area contributed by atoms with Crippen LogP contribution in [0.5, 0.6) is 11.5 Å². The summed E-state index contributed by atoms with van der Waals surface area (Å²) in [6.45, 7) is -2.68. The molecular formula is C22H19N3O4. The number of hydrogen-bond acceptors (Lipinski definition) is 4. The van der Waals surface area contributed by atoms with Gasteiger partial charge in [0.05, 0.1) is 13.9 Å². The Morgan fingerprint density at radius 3 is 2.90 bits per heavy atom. The maximum atomic E-state index is 13.3. The van der Waals surface area contributed by atoms with E-state index in [1.54, 1.807) is 24.3 Å². The van der Waals surface area contributed by atoms with Crippen molar-refractivity contribution in [3.8, 4) is 11.5 Å². The van der Waals surface area contributed by atoms with Crippen molar-refractivity contribution in [2.75, 3.05) is 20.3 Å². The molecule has 6 rings (SSSR count). The highest BCUT2D eigenvalue weighted by Gasteiger charge is 2.47. The molecule has 0 bridgehead atoms. The van der Waals surface area contributed by atoms with E-state index in [2.05, 4.69) is 4.98 Å². The summed E-state index contributed by atoms with van der Waals surface area (Å²) < 4.78 is 53.4. The molecule has 0 spiro atoms. The number of carbonyl (C=O) groups excluding carboxylic acids is 2. The summed E-state index contributed by atoms with van der Waals surface area (Å²) in [5.74, 6) is -1.000. The van der Waals surface area contributed by atoms with E-state index < -0.39 is 37.0 Å². The van der Waals surface area contributed by atoms with E-state index in [0.29, 0.717) is 10.9 Å². The Bertz CT molecular complexity index is 1410. The summed E-state index contributed by atoms with van der Waals surface area (Å²) in [6.07, 6.45) is -2.28. The Balaban J connectivity index is 1.67. The number of fused-ring (bicyclic) bond motifs is 5. The molecule has 7 nitrogen and oxygen atoms in total. The molecule has 7 heteroatoms. The molecule has 146 valence electrons. The summed E-state index contributed by atoms with van der Waals surface area (Å²) in [7, 11) is 1.44. The zero-order valence-electron chi connectivity index (χ0n) is 20.4. The number of amides is 2. The Hall–Kier alpha value is -3.48. The summed E-state index contributed by atoms with van der Waals surface area (Å²) >= 11 is 0. The lowest BCUT2D eigenvalue weighted by molar-refractivity contribution is -0.157. The molecule has 1 aromatic heterocycles. The lowest BCUT2D eigenvalue weighted by Gasteiger charge is -2.46. The van der Waals surface area contributed by atoms with Crippen LogP contribution in [0.2, 0.25) is 0 Å². The van der Waals surface area contributed by atoms with Crippen LogP contribution in [0.1, 0.15) is 29.7 Å². The molecule has 0 saturated carbocycles. The Kier molecular flexibility index (Phi) is 2.42. The molecule has 1 fully saturated rings. The van der Waals surface area contributed by atoms with Crippen molar-refractivity contribution in [1.82, 2.24) is 14.8 Å². The first kappa shape index (κ1) is 12.2. The van der Waals surface area contributed by atoms with Crippen LogP contribution in [0.25, 0.3) is 10.9 Å². The van der Waals surface area contributed by atoms with Gasteiger partial charge in [-0.15, -0.1) is 0 Å². The van der Waals surface area contributed by atoms with Crippen LogP contribution >= 0.6 is 0 Å². The van der Waals surface area contributed by atoms with Gasteiger partial charge in [-0.1, -0.05) is 24.3 Å². The number of aromatic nitrogens is 1. The number of likely N-dealkylation sites (N-methyl/N-ethyl adjacent to an activating group) is 1. The minimum absolute atomic E-state index is 0.0461. The first-order chi connectivity index (χ1) is 15.9. The number of piperazine rings is 1. The van der Waals surface area contributed by atoms with E-state index in [1.807, 2.05) is 0 Å². The highest BCUT2D eigenvalue weighted by molar-refractivity contribution is 5.97. The average molecular weight is 394 g/mol. The predicted molar refractivity (Wildman–Crippen MR) is 105 cm³/mol. The fraction of sp³-hybridized carbons (Fsp3) is 0.273. The molecule has 2 amide bonds. The van der Waals surface area contributed by atoms with E-state index in [1.165, 1.54) is 30.1 Å². The molecule has 3 aromatic rings. The molecule has 0 radical (unpaired) electrons. The first-order valence-electron chi connectivity index (χ1n) is 11.7. The smallest absolute Gasteiger partial charge is 0.245 e. The highest BCUT2D eigenvalue weighted by atomic mass is 16.7. The summed E-state index contributed by atoms with van der Waals surface area (Å²) in [5, 5.41) is 0.518. The van der Waals surface area contributed by atoms with Gasteiger partial charge in [-0.2, -0.15) is 0 Å². The third-order valence-corrected chi connectivity index (χ3v) is 5.49. The van der Waals surface area contributed by atoms with Gasteiger partial charge in [0.25, 0.3) is 0 Å². The quantitative estimate of drug-likeness (QED) is 0.687. The number of H-pyrrole nitrogens is 1. The van der Waals surface area contributed by atoms with Gasteiger partial charge in [-0.05, 0) is 29.3 Å². The van der Waals surface area contributed by atoms with Gasteiger partial charge in [0.2, 0.25) is 18.6 Å². The highest BCUT2D eigenvalue weighted by Crippen LogP contribution is 2.44. The molecule has 0 aliphatic carbocycles. The molecule has 1 saturated heterocycles. The number of aromatic amines is 1. The molecule has 4 heterocycles. The van der Waals surface area contributed by atoms with E-state index in [4.69, 9.17) is 15.0 Å². The zero-order chi connectivity index (χ0) is 24.2. The molecule has 3 aliphatic heterocycles. The molecule has 3 aliphatic rings. The van der Waals surface area contributed by atoms with Crippen molar-refractivity contribution in [2.45, 2.75) is 18.4 Å². The van der Waals surface area contributed by atoms with Crippen molar-refractivity contribution >= 4 is 22.7 Å². The lowest BCUT2D eigenvalue weighted by Crippen LogP contribution is -2.62. The fourth-order valence-corrected chi connectivity index (χ4v) is 4.14. The normalized spacial score (nSPS) is 31.3. The zero-order valence-corrected chi connectivity index (χ0v) is 15.4. The van der Waals surface area contributed by atoms with E-state index in [-0.39, 0.29) is 34.9 Å². The SMILES string of the molecule is [2H]C1([2H])Oc2ccc([C@]3([2H])c4[nH]c5ccccc5c4C([2H])([2H])[C@@H]4C(=O)N(C)CC(=O)N43)cc2O1. The standard InChI is InChI=1S/C22H19N3O4/c1-24-10-19(26)25-16(22(24)27)9-14-13-4-2-3-5-15(13)23-20(14)21(25)12-6-7-17-18(8-12)29-11-28-17/h2-8,16,21,23H,9-11H2,1H3/t16-,21-/m1/s1/i9D2,11D2,21D. The second kappa shape index (κ2) is 5.76. The van der Waals surface area contributed by atoms with Gasteiger partial charge in [-0.3, -0.25) is 9.59 Å². The molecule has 29 heavy (non-hydrogen) atoms. The number of rotatable bonds is 1. The predicted octanol–water partition coefficient (Wildman–Crippen LogP) is 2.21. The molecule has 1 N–H and O–H groups in total. The van der Waals surface area contributed by atoms with Crippen LogP contribution in [0, 0.1) is 0 Å². The van der Waals surface area contributed by atoms with Crippen LogP contribution in [-0.2, 0) is 16.0 Å².